The summed E-state index contributed by atoms with van der Waals surface area (Å²) in [5, 5.41) is 2.48. The molecular weight excluding hydrogens is 251 g/mol. The lowest BCUT2D eigenvalue weighted by molar-refractivity contribution is -0.144. The van der Waals surface area contributed by atoms with Gasteiger partial charge in [-0.15, -0.1) is 0 Å². The molecule has 1 aliphatic heterocycles. The number of amides is 3. The van der Waals surface area contributed by atoms with Gasteiger partial charge in [0.1, 0.15) is 11.9 Å². The van der Waals surface area contributed by atoms with Crippen LogP contribution in [-0.2, 0) is 14.4 Å². The SMILES string of the molecule is C[C@@H](C(=O)Nc1cccc(F)c1)N1C(=O)CCC1=O. The average Bonchev–Trinajstić information content (AvgIpc) is 2.68. The molecule has 2 rings (SSSR count). The summed E-state index contributed by atoms with van der Waals surface area (Å²) in [6, 6.07) is 4.51. The van der Waals surface area contributed by atoms with Crippen LogP contribution in [0.1, 0.15) is 19.8 Å². The van der Waals surface area contributed by atoms with Crippen LogP contribution in [0.3, 0.4) is 0 Å². The molecule has 100 valence electrons. The number of carbonyl (C=O) groups excluding carboxylic acids is 3. The first kappa shape index (κ1) is 13.2. The zero-order valence-electron chi connectivity index (χ0n) is 10.4. The van der Waals surface area contributed by atoms with E-state index in [0.717, 1.165) is 11.0 Å². The molecule has 19 heavy (non-hydrogen) atoms. The lowest BCUT2D eigenvalue weighted by Crippen LogP contribution is -2.44. The predicted octanol–water partition coefficient (Wildman–Crippen LogP) is 1.30. The molecule has 0 saturated carbocycles. The van der Waals surface area contributed by atoms with E-state index in [4.69, 9.17) is 0 Å². The van der Waals surface area contributed by atoms with Gasteiger partial charge in [0.05, 0.1) is 0 Å². The highest BCUT2D eigenvalue weighted by Gasteiger charge is 2.36. The average molecular weight is 264 g/mol. The van der Waals surface area contributed by atoms with Gasteiger partial charge in [-0.05, 0) is 25.1 Å². The first-order valence-electron chi connectivity index (χ1n) is 5.90. The Morgan fingerprint density at radius 2 is 1.95 bits per heavy atom. The molecule has 0 radical (unpaired) electrons. The van der Waals surface area contributed by atoms with Crippen molar-refractivity contribution >= 4 is 23.4 Å². The van der Waals surface area contributed by atoms with Crippen molar-refractivity contribution in [3.8, 4) is 0 Å². The minimum absolute atomic E-state index is 0.135. The maximum Gasteiger partial charge on any atom is 0.247 e. The number of imide groups is 1. The van der Waals surface area contributed by atoms with Crippen molar-refractivity contribution in [1.29, 1.82) is 0 Å². The van der Waals surface area contributed by atoms with Crippen LogP contribution in [0, 0.1) is 5.82 Å². The summed E-state index contributed by atoms with van der Waals surface area (Å²) in [6.07, 6.45) is 0.271. The Hall–Kier alpha value is -2.24. The van der Waals surface area contributed by atoms with Crippen LogP contribution in [0.25, 0.3) is 0 Å². The summed E-state index contributed by atoms with van der Waals surface area (Å²) in [5.74, 6) is -1.70. The third kappa shape index (κ3) is 2.78. The van der Waals surface area contributed by atoms with Crippen molar-refractivity contribution in [2.75, 3.05) is 5.32 Å². The Balaban J connectivity index is 2.07. The van der Waals surface area contributed by atoms with Gasteiger partial charge in [0.25, 0.3) is 0 Å². The molecule has 0 spiro atoms. The molecule has 0 aliphatic carbocycles. The summed E-state index contributed by atoms with van der Waals surface area (Å²) in [6.45, 7) is 1.47. The van der Waals surface area contributed by atoms with Gasteiger partial charge in [-0.25, -0.2) is 4.39 Å². The van der Waals surface area contributed by atoms with E-state index in [1.54, 1.807) is 0 Å². The number of benzene rings is 1. The van der Waals surface area contributed by atoms with Gasteiger partial charge in [0.15, 0.2) is 0 Å². The smallest absolute Gasteiger partial charge is 0.247 e. The van der Waals surface area contributed by atoms with Crippen LogP contribution in [-0.4, -0.2) is 28.7 Å². The van der Waals surface area contributed by atoms with Crippen LogP contribution < -0.4 is 5.32 Å². The number of carbonyl (C=O) groups is 3. The summed E-state index contributed by atoms with van der Waals surface area (Å²) in [4.78, 5) is 35.9. The van der Waals surface area contributed by atoms with E-state index in [9.17, 15) is 18.8 Å². The first-order valence-corrected chi connectivity index (χ1v) is 5.90. The molecule has 1 fully saturated rings. The quantitative estimate of drug-likeness (QED) is 0.837. The summed E-state index contributed by atoms with van der Waals surface area (Å²) in [7, 11) is 0. The van der Waals surface area contributed by atoms with Crippen LogP contribution in [0.2, 0.25) is 0 Å². The van der Waals surface area contributed by atoms with Gasteiger partial charge in [-0.1, -0.05) is 6.07 Å². The molecule has 0 aromatic heterocycles. The number of likely N-dealkylation sites (tertiary alicyclic amines) is 1. The van der Waals surface area contributed by atoms with Crippen LogP contribution in [0.5, 0.6) is 0 Å². The lowest BCUT2D eigenvalue weighted by Gasteiger charge is -2.21. The Kier molecular flexibility index (Phi) is 3.59. The van der Waals surface area contributed by atoms with E-state index in [-0.39, 0.29) is 30.3 Å². The number of halogens is 1. The minimum Gasteiger partial charge on any atom is -0.324 e. The molecule has 6 heteroatoms. The number of hydrogen-bond donors (Lipinski definition) is 1. The molecule has 1 aliphatic rings. The largest absolute Gasteiger partial charge is 0.324 e. The van der Waals surface area contributed by atoms with Gasteiger partial charge < -0.3 is 5.32 Å². The van der Waals surface area contributed by atoms with E-state index in [2.05, 4.69) is 5.32 Å². The number of anilines is 1. The molecule has 0 bridgehead atoms. The van der Waals surface area contributed by atoms with Crippen molar-refractivity contribution in [2.45, 2.75) is 25.8 Å². The molecule has 5 nitrogen and oxygen atoms in total. The fourth-order valence-electron chi connectivity index (χ4n) is 1.96. The molecule has 3 amide bonds. The molecule has 0 unspecified atom stereocenters. The molecular formula is C13H13FN2O3. The standard InChI is InChI=1S/C13H13FN2O3/c1-8(16-11(17)5-6-12(16)18)13(19)15-10-4-2-3-9(14)7-10/h2-4,7-8H,5-6H2,1H3,(H,15,19)/t8-/m0/s1. The molecule has 1 heterocycles. The summed E-state index contributed by atoms with van der Waals surface area (Å²) in [5.41, 5.74) is 0.288. The minimum atomic E-state index is -0.897. The molecule has 1 aromatic rings. The zero-order valence-corrected chi connectivity index (χ0v) is 10.4. The maximum absolute atomic E-state index is 13.0. The number of nitrogens with one attached hydrogen (secondary N) is 1. The molecule has 1 saturated heterocycles. The van der Waals surface area contributed by atoms with Crippen LogP contribution in [0.4, 0.5) is 10.1 Å². The van der Waals surface area contributed by atoms with E-state index in [1.165, 1.54) is 25.1 Å². The Bertz CT molecular complexity index is 528. The van der Waals surface area contributed by atoms with Gasteiger partial charge in [0, 0.05) is 18.5 Å². The monoisotopic (exact) mass is 264 g/mol. The van der Waals surface area contributed by atoms with E-state index in [0.29, 0.717) is 0 Å². The zero-order chi connectivity index (χ0) is 14.0. The normalized spacial score (nSPS) is 16.6. The van der Waals surface area contributed by atoms with Crippen molar-refractivity contribution in [2.24, 2.45) is 0 Å². The van der Waals surface area contributed by atoms with E-state index in [1.807, 2.05) is 0 Å². The van der Waals surface area contributed by atoms with E-state index >= 15 is 0 Å². The topological polar surface area (TPSA) is 66.5 Å². The lowest BCUT2D eigenvalue weighted by atomic mass is 10.2. The van der Waals surface area contributed by atoms with Crippen molar-refractivity contribution in [3.05, 3.63) is 30.1 Å². The van der Waals surface area contributed by atoms with E-state index < -0.39 is 17.8 Å². The molecule has 1 atom stereocenters. The third-order valence-corrected chi connectivity index (χ3v) is 2.95. The fraction of sp³-hybridized carbons (Fsp3) is 0.308. The van der Waals surface area contributed by atoms with Crippen molar-refractivity contribution in [1.82, 2.24) is 4.90 Å². The Labute approximate surface area is 109 Å². The second kappa shape index (κ2) is 5.17. The number of hydrogen-bond acceptors (Lipinski definition) is 3. The molecule has 1 N–H and O–H groups in total. The molecule has 1 aromatic carbocycles. The first-order chi connectivity index (χ1) is 8.99. The second-order valence-corrected chi connectivity index (χ2v) is 4.33. The van der Waals surface area contributed by atoms with Gasteiger partial charge in [-0.2, -0.15) is 0 Å². The maximum atomic E-state index is 13.0. The highest BCUT2D eigenvalue weighted by atomic mass is 19.1. The third-order valence-electron chi connectivity index (χ3n) is 2.95. The number of rotatable bonds is 3. The highest BCUT2D eigenvalue weighted by Crippen LogP contribution is 2.17. The summed E-state index contributed by atoms with van der Waals surface area (Å²) < 4.78 is 13.0. The van der Waals surface area contributed by atoms with Crippen LogP contribution >= 0.6 is 0 Å². The van der Waals surface area contributed by atoms with Gasteiger partial charge in [-0.3, -0.25) is 19.3 Å². The van der Waals surface area contributed by atoms with Crippen LogP contribution in [0.15, 0.2) is 24.3 Å². The predicted molar refractivity (Wildman–Crippen MR) is 65.6 cm³/mol. The second-order valence-electron chi connectivity index (χ2n) is 4.33. The summed E-state index contributed by atoms with van der Waals surface area (Å²) >= 11 is 0. The van der Waals surface area contributed by atoms with Crippen molar-refractivity contribution in [3.63, 3.8) is 0 Å². The number of nitrogens with zero attached hydrogens (tertiary/aromatic N) is 1. The Morgan fingerprint density at radius 1 is 1.32 bits per heavy atom. The Morgan fingerprint density at radius 3 is 2.53 bits per heavy atom. The fourth-order valence-corrected chi connectivity index (χ4v) is 1.96. The van der Waals surface area contributed by atoms with Gasteiger partial charge in [0.2, 0.25) is 17.7 Å². The van der Waals surface area contributed by atoms with Crippen molar-refractivity contribution < 1.29 is 18.8 Å². The van der Waals surface area contributed by atoms with Gasteiger partial charge >= 0.3 is 0 Å². The highest BCUT2D eigenvalue weighted by molar-refractivity contribution is 6.07.